The molecule has 0 spiro atoms. The predicted molar refractivity (Wildman–Crippen MR) is 61.2 cm³/mol. The lowest BCUT2D eigenvalue weighted by Crippen LogP contribution is -2.31. The van der Waals surface area contributed by atoms with Gasteiger partial charge in [0.25, 0.3) is 0 Å². The van der Waals surface area contributed by atoms with Crippen molar-refractivity contribution in [3.8, 4) is 0 Å². The second kappa shape index (κ2) is 5.72. The summed E-state index contributed by atoms with van der Waals surface area (Å²) in [6.45, 7) is 3.42. The van der Waals surface area contributed by atoms with Crippen LogP contribution in [0.1, 0.15) is 31.9 Å². The Labute approximate surface area is 99.0 Å². The molecule has 94 valence electrons. The third-order valence-corrected chi connectivity index (χ3v) is 2.33. The molecule has 0 saturated carbocycles. The largest absolute Gasteiger partial charge is 0.350 e. The molecule has 2 atom stereocenters. The van der Waals surface area contributed by atoms with E-state index in [1.165, 1.54) is 6.07 Å². The zero-order valence-electron chi connectivity index (χ0n) is 9.84. The highest BCUT2D eigenvalue weighted by atomic mass is 19.2. The van der Waals surface area contributed by atoms with E-state index in [0.29, 0.717) is 5.56 Å². The molecule has 17 heavy (non-hydrogen) atoms. The number of nitrogens with one attached hydrogen (secondary N) is 1. The molecule has 0 saturated heterocycles. The Hall–Kier alpha value is -1.49. The molecule has 5 heteroatoms. The number of hydrogen-bond acceptors (Lipinski definition) is 2. The molecule has 0 heterocycles. The third-order valence-electron chi connectivity index (χ3n) is 2.33. The number of benzene rings is 1. The van der Waals surface area contributed by atoms with E-state index in [1.54, 1.807) is 13.8 Å². The molecule has 1 aromatic rings. The van der Waals surface area contributed by atoms with Crippen molar-refractivity contribution in [2.24, 2.45) is 5.73 Å². The van der Waals surface area contributed by atoms with Gasteiger partial charge >= 0.3 is 0 Å². The van der Waals surface area contributed by atoms with Gasteiger partial charge in [0, 0.05) is 12.5 Å². The lowest BCUT2D eigenvalue weighted by atomic mass is 10.1. The van der Waals surface area contributed by atoms with Crippen LogP contribution in [-0.4, -0.2) is 11.9 Å². The fraction of sp³-hybridized carbons (Fsp3) is 0.417. The van der Waals surface area contributed by atoms with Gasteiger partial charge in [0.1, 0.15) is 0 Å². The van der Waals surface area contributed by atoms with E-state index >= 15 is 0 Å². The van der Waals surface area contributed by atoms with Crippen molar-refractivity contribution in [1.29, 1.82) is 0 Å². The Bertz CT molecular complexity index is 407. The van der Waals surface area contributed by atoms with E-state index in [4.69, 9.17) is 5.73 Å². The van der Waals surface area contributed by atoms with Gasteiger partial charge in [0.2, 0.25) is 5.91 Å². The van der Waals surface area contributed by atoms with E-state index in [9.17, 15) is 13.6 Å². The first-order chi connectivity index (χ1) is 7.90. The molecule has 1 amide bonds. The summed E-state index contributed by atoms with van der Waals surface area (Å²) in [7, 11) is 0. The average Bonchev–Trinajstić information content (AvgIpc) is 2.20. The fourth-order valence-corrected chi connectivity index (χ4v) is 1.46. The number of hydrogen-bond donors (Lipinski definition) is 2. The zero-order chi connectivity index (χ0) is 13.0. The molecule has 0 aliphatic carbocycles. The molecule has 0 fully saturated rings. The Morgan fingerprint density at radius 2 is 2.00 bits per heavy atom. The summed E-state index contributed by atoms with van der Waals surface area (Å²) in [6.07, 6.45) is 0.202. The van der Waals surface area contributed by atoms with Crippen LogP contribution in [0, 0.1) is 11.6 Å². The number of nitrogens with two attached hydrogens (primary N) is 1. The van der Waals surface area contributed by atoms with E-state index in [-0.39, 0.29) is 24.4 Å². The molecule has 1 aromatic carbocycles. The molecule has 0 aromatic heterocycles. The van der Waals surface area contributed by atoms with Crippen LogP contribution in [0.2, 0.25) is 0 Å². The van der Waals surface area contributed by atoms with Crippen LogP contribution in [0.15, 0.2) is 18.2 Å². The number of carbonyl (C=O) groups excluding carboxylic acids is 1. The Morgan fingerprint density at radius 1 is 1.35 bits per heavy atom. The summed E-state index contributed by atoms with van der Waals surface area (Å²) in [5.74, 6) is -2.03. The first-order valence-corrected chi connectivity index (χ1v) is 5.40. The molecule has 3 nitrogen and oxygen atoms in total. The third kappa shape index (κ3) is 4.11. The van der Waals surface area contributed by atoms with Crippen LogP contribution in [0.5, 0.6) is 0 Å². The Morgan fingerprint density at radius 3 is 2.53 bits per heavy atom. The smallest absolute Gasteiger partial charge is 0.222 e. The quantitative estimate of drug-likeness (QED) is 0.847. The van der Waals surface area contributed by atoms with Gasteiger partial charge in [-0.3, -0.25) is 4.79 Å². The van der Waals surface area contributed by atoms with Gasteiger partial charge in [-0.2, -0.15) is 0 Å². The minimum absolute atomic E-state index is 0.202. The SMILES string of the molecule is CC(N)CC(=O)NC(C)c1ccc(F)c(F)c1. The molecule has 2 unspecified atom stereocenters. The van der Waals surface area contributed by atoms with E-state index in [0.717, 1.165) is 12.1 Å². The molecular weight excluding hydrogens is 226 g/mol. The normalized spacial score (nSPS) is 14.2. The molecule has 1 rings (SSSR count). The summed E-state index contributed by atoms with van der Waals surface area (Å²) in [4.78, 5) is 11.4. The second-order valence-corrected chi connectivity index (χ2v) is 4.14. The van der Waals surface area contributed by atoms with Gasteiger partial charge in [0.15, 0.2) is 11.6 Å². The monoisotopic (exact) mass is 242 g/mol. The molecule has 0 bridgehead atoms. The Balaban J connectivity index is 2.66. The zero-order valence-corrected chi connectivity index (χ0v) is 9.84. The van der Waals surface area contributed by atoms with Crippen LogP contribution >= 0.6 is 0 Å². The van der Waals surface area contributed by atoms with E-state index in [1.807, 2.05) is 0 Å². The van der Waals surface area contributed by atoms with Gasteiger partial charge in [0.05, 0.1) is 6.04 Å². The highest BCUT2D eigenvalue weighted by molar-refractivity contribution is 5.76. The van der Waals surface area contributed by atoms with Gasteiger partial charge < -0.3 is 11.1 Å². The average molecular weight is 242 g/mol. The number of amides is 1. The van der Waals surface area contributed by atoms with Crippen molar-refractivity contribution >= 4 is 5.91 Å². The second-order valence-electron chi connectivity index (χ2n) is 4.14. The van der Waals surface area contributed by atoms with Crippen LogP contribution in [0.3, 0.4) is 0 Å². The van der Waals surface area contributed by atoms with Gasteiger partial charge in [-0.15, -0.1) is 0 Å². The molecule has 0 aliphatic heterocycles. The number of halogens is 2. The highest BCUT2D eigenvalue weighted by Gasteiger charge is 2.12. The summed E-state index contributed by atoms with van der Waals surface area (Å²) in [6, 6.07) is 2.95. The summed E-state index contributed by atoms with van der Waals surface area (Å²) in [5.41, 5.74) is 6.00. The maximum Gasteiger partial charge on any atom is 0.222 e. The van der Waals surface area contributed by atoms with Crippen LogP contribution in [0.25, 0.3) is 0 Å². The summed E-state index contributed by atoms with van der Waals surface area (Å²) >= 11 is 0. The topological polar surface area (TPSA) is 55.1 Å². The lowest BCUT2D eigenvalue weighted by Gasteiger charge is -2.15. The molecule has 0 aliphatic rings. The van der Waals surface area contributed by atoms with Crippen molar-refractivity contribution in [1.82, 2.24) is 5.32 Å². The van der Waals surface area contributed by atoms with Crippen molar-refractivity contribution < 1.29 is 13.6 Å². The fourth-order valence-electron chi connectivity index (χ4n) is 1.46. The summed E-state index contributed by atoms with van der Waals surface area (Å²) in [5, 5.41) is 2.67. The van der Waals surface area contributed by atoms with Gasteiger partial charge in [-0.05, 0) is 31.5 Å². The van der Waals surface area contributed by atoms with Crippen molar-refractivity contribution in [2.45, 2.75) is 32.4 Å². The van der Waals surface area contributed by atoms with Crippen molar-refractivity contribution in [3.63, 3.8) is 0 Å². The number of carbonyl (C=O) groups is 1. The minimum Gasteiger partial charge on any atom is -0.350 e. The van der Waals surface area contributed by atoms with Crippen LogP contribution in [0.4, 0.5) is 8.78 Å². The predicted octanol–water partition coefficient (Wildman–Crippen LogP) is 1.88. The molecule has 3 N–H and O–H groups in total. The first-order valence-electron chi connectivity index (χ1n) is 5.40. The Kier molecular flexibility index (Phi) is 4.57. The minimum atomic E-state index is -0.921. The molecular formula is C12H16F2N2O. The van der Waals surface area contributed by atoms with Crippen molar-refractivity contribution in [3.05, 3.63) is 35.4 Å². The molecule has 0 radical (unpaired) electrons. The van der Waals surface area contributed by atoms with Gasteiger partial charge in [-0.1, -0.05) is 6.07 Å². The van der Waals surface area contributed by atoms with E-state index in [2.05, 4.69) is 5.32 Å². The number of rotatable bonds is 4. The van der Waals surface area contributed by atoms with Crippen LogP contribution < -0.4 is 11.1 Å². The maximum atomic E-state index is 13.0. The standard InChI is InChI=1S/C12H16F2N2O/c1-7(15)5-12(17)16-8(2)9-3-4-10(13)11(14)6-9/h3-4,6-8H,5,15H2,1-2H3,(H,16,17). The maximum absolute atomic E-state index is 13.0. The highest BCUT2D eigenvalue weighted by Crippen LogP contribution is 2.15. The van der Waals surface area contributed by atoms with Crippen LogP contribution in [-0.2, 0) is 4.79 Å². The first kappa shape index (κ1) is 13.6. The van der Waals surface area contributed by atoms with Gasteiger partial charge in [-0.25, -0.2) is 8.78 Å². The van der Waals surface area contributed by atoms with Crippen molar-refractivity contribution in [2.75, 3.05) is 0 Å². The lowest BCUT2D eigenvalue weighted by molar-refractivity contribution is -0.122. The summed E-state index contributed by atoms with van der Waals surface area (Å²) < 4.78 is 25.7. The van der Waals surface area contributed by atoms with E-state index < -0.39 is 11.6 Å².